The van der Waals surface area contributed by atoms with Crippen molar-refractivity contribution in [2.24, 2.45) is 11.8 Å². The van der Waals surface area contributed by atoms with Gasteiger partial charge in [0.15, 0.2) is 0 Å². The molecule has 2 aromatic heterocycles. The van der Waals surface area contributed by atoms with Gasteiger partial charge in [0.2, 0.25) is 0 Å². The number of carbonyl (C=O) groups excluding carboxylic acids is 1. The summed E-state index contributed by atoms with van der Waals surface area (Å²) in [5.74, 6) is -5.90. The molecule has 1 saturated heterocycles. The Hall–Kier alpha value is -2.58. The van der Waals surface area contributed by atoms with Crippen LogP contribution in [-0.4, -0.2) is 51.1 Å². The number of pyridine rings is 1. The first-order valence-electron chi connectivity index (χ1n) is 6.80. The quantitative estimate of drug-likeness (QED) is 0.882. The third-order valence-electron chi connectivity index (χ3n) is 4.03. The maximum atomic E-state index is 13.0. The number of carboxylic acid groups (broad SMARTS) is 1. The molecule has 1 amide bonds. The van der Waals surface area contributed by atoms with Crippen LogP contribution < -0.4 is 0 Å². The van der Waals surface area contributed by atoms with Crippen LogP contribution in [0.3, 0.4) is 0 Å². The first-order chi connectivity index (χ1) is 10.8. The van der Waals surface area contributed by atoms with Gasteiger partial charge in [0.25, 0.3) is 5.91 Å². The second-order valence-corrected chi connectivity index (χ2v) is 5.40. The molecule has 0 aromatic carbocycles. The van der Waals surface area contributed by atoms with E-state index in [1.807, 2.05) is 0 Å². The third-order valence-corrected chi connectivity index (χ3v) is 4.03. The normalized spacial score (nSPS) is 21.8. The summed E-state index contributed by atoms with van der Waals surface area (Å²) in [5.41, 5.74) is 0.622. The molecule has 0 aliphatic carbocycles. The highest BCUT2D eigenvalue weighted by Crippen LogP contribution is 2.38. The number of halogens is 3. The van der Waals surface area contributed by atoms with Crippen molar-refractivity contribution in [2.75, 3.05) is 13.1 Å². The number of amides is 1. The predicted molar refractivity (Wildman–Crippen MR) is 72.7 cm³/mol. The Bertz CT molecular complexity index is 771. The number of nitrogens with zero attached hydrogens (tertiary/aromatic N) is 2. The van der Waals surface area contributed by atoms with Gasteiger partial charge in [-0.1, -0.05) is 0 Å². The van der Waals surface area contributed by atoms with Gasteiger partial charge in [-0.2, -0.15) is 13.2 Å². The van der Waals surface area contributed by atoms with Crippen LogP contribution >= 0.6 is 0 Å². The van der Waals surface area contributed by atoms with Crippen molar-refractivity contribution in [1.29, 1.82) is 0 Å². The molecule has 122 valence electrons. The zero-order chi connectivity index (χ0) is 16.8. The van der Waals surface area contributed by atoms with Gasteiger partial charge < -0.3 is 15.0 Å². The van der Waals surface area contributed by atoms with Gasteiger partial charge in [-0.15, -0.1) is 0 Å². The Morgan fingerprint density at radius 1 is 1.35 bits per heavy atom. The third kappa shape index (κ3) is 2.62. The molecular weight excluding hydrogens is 315 g/mol. The molecule has 1 fully saturated rings. The molecule has 3 heterocycles. The van der Waals surface area contributed by atoms with E-state index in [0.717, 1.165) is 4.90 Å². The van der Waals surface area contributed by atoms with E-state index < -0.39 is 43.0 Å². The summed E-state index contributed by atoms with van der Waals surface area (Å²) in [6.07, 6.45) is -1.78. The van der Waals surface area contributed by atoms with E-state index in [1.165, 1.54) is 12.4 Å². The smallest absolute Gasteiger partial charge is 0.394 e. The summed E-state index contributed by atoms with van der Waals surface area (Å²) in [6.45, 7) is -1.13. The van der Waals surface area contributed by atoms with Gasteiger partial charge in [-0.25, -0.2) is 4.98 Å². The van der Waals surface area contributed by atoms with Crippen LogP contribution in [0.4, 0.5) is 13.2 Å². The van der Waals surface area contributed by atoms with Crippen LogP contribution in [0, 0.1) is 11.8 Å². The van der Waals surface area contributed by atoms with Crippen LogP contribution in [-0.2, 0) is 4.79 Å². The van der Waals surface area contributed by atoms with Gasteiger partial charge in [0.05, 0.1) is 17.4 Å². The number of fused-ring (bicyclic) bond motifs is 1. The highest BCUT2D eigenvalue weighted by molar-refractivity contribution is 6.06. The highest BCUT2D eigenvalue weighted by atomic mass is 19.4. The lowest BCUT2D eigenvalue weighted by Gasteiger charge is -2.18. The second kappa shape index (κ2) is 5.25. The number of aromatic nitrogens is 2. The highest BCUT2D eigenvalue weighted by Gasteiger charge is 2.53. The number of hydrogen-bond donors (Lipinski definition) is 2. The Kier molecular flexibility index (Phi) is 3.50. The fourth-order valence-corrected chi connectivity index (χ4v) is 2.85. The minimum Gasteiger partial charge on any atom is -0.481 e. The van der Waals surface area contributed by atoms with Crippen molar-refractivity contribution in [1.82, 2.24) is 14.9 Å². The summed E-state index contributed by atoms with van der Waals surface area (Å²) < 4.78 is 39.0. The first kappa shape index (κ1) is 15.3. The van der Waals surface area contributed by atoms with Crippen LogP contribution in [0.2, 0.25) is 0 Å². The Morgan fingerprint density at radius 2 is 2.09 bits per heavy atom. The molecular formula is C14H12F3N3O3. The molecule has 0 unspecified atom stereocenters. The number of H-pyrrole nitrogens is 1. The SMILES string of the molecule is O=C(O)[C@@H]1CN(C(=O)c2c[nH]c3ncccc23)C[C@H]1C(F)(F)F. The van der Waals surface area contributed by atoms with E-state index in [-0.39, 0.29) is 5.56 Å². The number of nitrogens with one attached hydrogen (secondary N) is 1. The van der Waals surface area contributed by atoms with Crippen LogP contribution in [0.25, 0.3) is 11.0 Å². The predicted octanol–water partition coefficient (Wildman–Crippen LogP) is 1.90. The Labute approximate surface area is 127 Å². The molecule has 1 aliphatic rings. The molecule has 6 nitrogen and oxygen atoms in total. The second-order valence-electron chi connectivity index (χ2n) is 5.40. The number of aromatic amines is 1. The minimum atomic E-state index is -4.67. The Balaban J connectivity index is 1.90. The zero-order valence-corrected chi connectivity index (χ0v) is 11.7. The summed E-state index contributed by atoms with van der Waals surface area (Å²) in [4.78, 5) is 31.3. The van der Waals surface area contributed by atoms with Gasteiger partial charge >= 0.3 is 12.1 Å². The summed E-state index contributed by atoms with van der Waals surface area (Å²) in [5, 5.41) is 9.48. The monoisotopic (exact) mass is 327 g/mol. The molecule has 2 atom stereocenters. The van der Waals surface area contributed by atoms with Gasteiger partial charge in [-0.3, -0.25) is 9.59 Å². The molecule has 3 rings (SSSR count). The number of likely N-dealkylation sites (tertiary alicyclic amines) is 1. The summed E-state index contributed by atoms with van der Waals surface area (Å²) in [6, 6.07) is 3.23. The number of alkyl halides is 3. The fraction of sp³-hybridized carbons (Fsp3) is 0.357. The van der Waals surface area contributed by atoms with Gasteiger partial charge in [-0.05, 0) is 12.1 Å². The number of hydrogen-bond acceptors (Lipinski definition) is 3. The lowest BCUT2D eigenvalue weighted by molar-refractivity contribution is -0.187. The van der Waals surface area contributed by atoms with Crippen molar-refractivity contribution >= 4 is 22.9 Å². The molecule has 0 spiro atoms. The van der Waals surface area contributed by atoms with E-state index in [4.69, 9.17) is 5.11 Å². The van der Waals surface area contributed by atoms with Crippen LogP contribution in [0.1, 0.15) is 10.4 Å². The number of carbonyl (C=O) groups is 2. The van der Waals surface area contributed by atoms with Gasteiger partial charge in [0, 0.05) is 30.9 Å². The molecule has 9 heteroatoms. The van der Waals surface area contributed by atoms with E-state index >= 15 is 0 Å². The summed E-state index contributed by atoms with van der Waals surface area (Å²) >= 11 is 0. The molecule has 0 bridgehead atoms. The van der Waals surface area contributed by atoms with E-state index in [9.17, 15) is 22.8 Å². The van der Waals surface area contributed by atoms with E-state index in [1.54, 1.807) is 12.1 Å². The Morgan fingerprint density at radius 3 is 2.70 bits per heavy atom. The lowest BCUT2D eigenvalue weighted by Crippen LogP contribution is -2.34. The topological polar surface area (TPSA) is 86.3 Å². The van der Waals surface area contributed by atoms with Crippen molar-refractivity contribution in [3.63, 3.8) is 0 Å². The van der Waals surface area contributed by atoms with E-state index in [2.05, 4.69) is 9.97 Å². The van der Waals surface area contributed by atoms with Crippen molar-refractivity contribution in [3.8, 4) is 0 Å². The molecule has 2 aromatic rings. The van der Waals surface area contributed by atoms with Crippen molar-refractivity contribution in [2.45, 2.75) is 6.18 Å². The zero-order valence-electron chi connectivity index (χ0n) is 11.7. The largest absolute Gasteiger partial charge is 0.481 e. The van der Waals surface area contributed by atoms with Crippen molar-refractivity contribution in [3.05, 3.63) is 30.1 Å². The minimum absolute atomic E-state index is 0.181. The lowest BCUT2D eigenvalue weighted by atomic mass is 9.96. The van der Waals surface area contributed by atoms with Gasteiger partial charge in [0.1, 0.15) is 5.65 Å². The summed E-state index contributed by atoms with van der Waals surface area (Å²) in [7, 11) is 0. The van der Waals surface area contributed by atoms with Crippen LogP contribution in [0.15, 0.2) is 24.5 Å². The number of carboxylic acids is 1. The van der Waals surface area contributed by atoms with Crippen molar-refractivity contribution < 1.29 is 27.9 Å². The maximum absolute atomic E-state index is 13.0. The standard InChI is InChI=1S/C14H12F3N3O3/c15-14(16,17)10-6-20(5-9(10)13(22)23)12(21)8-4-19-11-7(8)2-1-3-18-11/h1-4,9-10H,5-6H2,(H,18,19)(H,22,23)/t9-,10-/m1/s1. The number of rotatable bonds is 2. The first-order valence-corrected chi connectivity index (χ1v) is 6.80. The maximum Gasteiger partial charge on any atom is 0.394 e. The molecule has 0 saturated carbocycles. The number of aliphatic carboxylic acids is 1. The molecule has 1 aliphatic heterocycles. The van der Waals surface area contributed by atoms with Crippen LogP contribution in [0.5, 0.6) is 0 Å². The fourth-order valence-electron chi connectivity index (χ4n) is 2.85. The average molecular weight is 327 g/mol. The van der Waals surface area contributed by atoms with E-state index in [0.29, 0.717) is 11.0 Å². The molecule has 0 radical (unpaired) electrons. The molecule has 2 N–H and O–H groups in total. The average Bonchev–Trinajstić information content (AvgIpc) is 3.10. The molecule has 23 heavy (non-hydrogen) atoms.